The zero-order valence-electron chi connectivity index (χ0n) is 14.9. The summed E-state index contributed by atoms with van der Waals surface area (Å²) >= 11 is 0. The number of carbonyl (C=O) groups is 2. The fraction of sp³-hybridized carbons (Fsp3) is 0.263. The lowest BCUT2D eigenvalue weighted by molar-refractivity contribution is -0.151. The number of fused-ring (bicyclic) bond motifs is 1. The van der Waals surface area contributed by atoms with Crippen LogP contribution in [0.4, 0.5) is 8.78 Å². The summed E-state index contributed by atoms with van der Waals surface area (Å²) in [6.07, 6.45) is 3.88. The lowest BCUT2D eigenvalue weighted by Gasteiger charge is -2.17. The predicted octanol–water partition coefficient (Wildman–Crippen LogP) is 3.17. The molecule has 0 unspecified atom stereocenters. The largest absolute Gasteiger partial charge is 0.466 e. The highest BCUT2D eigenvalue weighted by atomic mass is 32.2. The van der Waals surface area contributed by atoms with Crippen molar-refractivity contribution in [2.45, 2.75) is 30.9 Å². The van der Waals surface area contributed by atoms with Gasteiger partial charge in [0.15, 0.2) is 0 Å². The van der Waals surface area contributed by atoms with Crippen LogP contribution in [0, 0.1) is 0 Å². The van der Waals surface area contributed by atoms with Crippen molar-refractivity contribution in [3.05, 3.63) is 59.2 Å². The molecule has 0 spiro atoms. The molecule has 1 aliphatic carbocycles. The van der Waals surface area contributed by atoms with E-state index in [1.807, 2.05) is 6.07 Å². The van der Waals surface area contributed by atoms with E-state index < -0.39 is 33.1 Å². The normalized spacial score (nSPS) is 14.0. The van der Waals surface area contributed by atoms with E-state index in [1.54, 1.807) is 12.1 Å². The molecule has 0 aromatic heterocycles. The summed E-state index contributed by atoms with van der Waals surface area (Å²) in [6.45, 7) is 0. The van der Waals surface area contributed by atoms with Crippen LogP contribution in [0.25, 0.3) is 0 Å². The molecular weight excluding hydrogens is 410 g/mol. The molecule has 0 atom stereocenters. The van der Waals surface area contributed by atoms with E-state index in [0.29, 0.717) is 0 Å². The first kappa shape index (κ1) is 20.9. The summed E-state index contributed by atoms with van der Waals surface area (Å²) in [5, 5.41) is -5.19. The molecular formula is C19H16F2O7S. The number of rotatable bonds is 5. The number of halogens is 2. The predicted molar refractivity (Wildman–Crippen MR) is 96.6 cm³/mol. The molecule has 1 aliphatic rings. The summed E-state index contributed by atoms with van der Waals surface area (Å²) in [6, 6.07) is 9.99. The Balaban J connectivity index is 1.81. The van der Waals surface area contributed by atoms with Crippen LogP contribution in [0.2, 0.25) is 0 Å². The first-order valence-electron chi connectivity index (χ1n) is 8.60. The number of benzene rings is 2. The van der Waals surface area contributed by atoms with Crippen LogP contribution in [0.5, 0.6) is 11.5 Å². The van der Waals surface area contributed by atoms with Gasteiger partial charge in [-0.15, -0.1) is 0 Å². The molecule has 1 N–H and O–H groups in total. The number of alkyl halides is 2. The average molecular weight is 426 g/mol. The molecule has 7 nitrogen and oxygen atoms in total. The van der Waals surface area contributed by atoms with E-state index in [4.69, 9.17) is 9.29 Å². The Morgan fingerprint density at radius 3 is 2.31 bits per heavy atom. The van der Waals surface area contributed by atoms with E-state index in [-0.39, 0.29) is 11.3 Å². The van der Waals surface area contributed by atoms with Crippen molar-refractivity contribution in [2.75, 3.05) is 0 Å². The van der Waals surface area contributed by atoms with Gasteiger partial charge in [0.2, 0.25) is 0 Å². The van der Waals surface area contributed by atoms with Crippen LogP contribution in [0.3, 0.4) is 0 Å². The van der Waals surface area contributed by atoms with E-state index in [0.717, 1.165) is 48.9 Å². The number of carbonyl (C=O) groups excluding carboxylic acids is 2. The quantitative estimate of drug-likeness (QED) is 0.445. The molecule has 0 aliphatic heterocycles. The summed E-state index contributed by atoms with van der Waals surface area (Å²) in [5.74, 6) is -3.93. The molecule has 0 saturated heterocycles. The van der Waals surface area contributed by atoms with Crippen molar-refractivity contribution in [1.82, 2.24) is 0 Å². The third kappa shape index (κ3) is 4.43. The van der Waals surface area contributed by atoms with Gasteiger partial charge in [0.1, 0.15) is 17.1 Å². The van der Waals surface area contributed by atoms with Gasteiger partial charge in [-0.2, -0.15) is 17.2 Å². The fourth-order valence-electron chi connectivity index (χ4n) is 2.92. The highest BCUT2D eigenvalue weighted by molar-refractivity contribution is 7.87. The standard InChI is InChI=1S/C19H16F2O7S/c20-19(21,29(24,25)26)18(23)28-16-8-4-3-7-15(16)17(22)27-14-10-9-12-5-1-2-6-13(12)11-14/h3-4,7-11H,1-2,5-6H2,(H,24,25,26). The summed E-state index contributed by atoms with van der Waals surface area (Å²) in [5.41, 5.74) is 1.84. The van der Waals surface area contributed by atoms with Crippen molar-refractivity contribution in [3.63, 3.8) is 0 Å². The summed E-state index contributed by atoms with van der Waals surface area (Å²) < 4.78 is 66.3. The van der Waals surface area contributed by atoms with Crippen molar-refractivity contribution in [1.29, 1.82) is 0 Å². The maximum absolute atomic E-state index is 13.4. The molecule has 0 radical (unpaired) electrons. The number of ether oxygens (including phenoxy) is 2. The van der Waals surface area contributed by atoms with E-state index >= 15 is 0 Å². The van der Waals surface area contributed by atoms with Gasteiger partial charge in [-0.25, -0.2) is 9.59 Å². The zero-order valence-corrected chi connectivity index (χ0v) is 15.7. The van der Waals surface area contributed by atoms with Crippen molar-refractivity contribution in [2.24, 2.45) is 0 Å². The minimum atomic E-state index is -6.04. The Hall–Kier alpha value is -2.85. The van der Waals surface area contributed by atoms with Gasteiger partial charge in [-0.1, -0.05) is 18.2 Å². The van der Waals surface area contributed by atoms with Crippen LogP contribution in [-0.2, 0) is 27.8 Å². The Morgan fingerprint density at radius 1 is 0.966 bits per heavy atom. The first-order chi connectivity index (χ1) is 13.6. The van der Waals surface area contributed by atoms with Crippen LogP contribution in [0.1, 0.15) is 34.3 Å². The number of para-hydroxylation sites is 1. The maximum atomic E-state index is 13.4. The molecule has 0 saturated carbocycles. The van der Waals surface area contributed by atoms with Gasteiger partial charge in [0.05, 0.1) is 0 Å². The van der Waals surface area contributed by atoms with E-state index in [9.17, 15) is 26.8 Å². The summed E-state index contributed by atoms with van der Waals surface area (Å²) in [7, 11) is -6.04. The monoisotopic (exact) mass is 426 g/mol. The Kier molecular flexibility index (Phi) is 5.67. The van der Waals surface area contributed by atoms with E-state index in [1.165, 1.54) is 12.1 Å². The van der Waals surface area contributed by atoms with Gasteiger partial charge in [0.25, 0.3) is 0 Å². The van der Waals surface area contributed by atoms with Gasteiger partial charge < -0.3 is 9.47 Å². The van der Waals surface area contributed by atoms with Crippen molar-refractivity contribution >= 4 is 22.1 Å². The second kappa shape index (κ2) is 7.88. The lowest BCUT2D eigenvalue weighted by atomic mass is 9.92. The fourth-order valence-corrected chi connectivity index (χ4v) is 3.18. The van der Waals surface area contributed by atoms with Crippen LogP contribution in [-0.4, -0.2) is 30.2 Å². The first-order valence-corrected chi connectivity index (χ1v) is 10.0. The second-order valence-corrected chi connectivity index (χ2v) is 7.87. The average Bonchev–Trinajstić information content (AvgIpc) is 2.67. The highest BCUT2D eigenvalue weighted by Gasteiger charge is 2.54. The van der Waals surface area contributed by atoms with Crippen LogP contribution >= 0.6 is 0 Å². The van der Waals surface area contributed by atoms with Crippen molar-refractivity contribution in [3.8, 4) is 11.5 Å². The van der Waals surface area contributed by atoms with Gasteiger partial charge in [-0.3, -0.25) is 4.55 Å². The van der Waals surface area contributed by atoms with Crippen LogP contribution in [0.15, 0.2) is 42.5 Å². The third-order valence-electron chi connectivity index (χ3n) is 4.40. The maximum Gasteiger partial charge on any atom is 0.466 e. The molecule has 0 amide bonds. The Labute approximate surface area is 165 Å². The summed E-state index contributed by atoms with van der Waals surface area (Å²) in [4.78, 5) is 24.0. The number of hydrogen-bond acceptors (Lipinski definition) is 6. The molecule has 29 heavy (non-hydrogen) atoms. The van der Waals surface area contributed by atoms with E-state index in [2.05, 4.69) is 4.74 Å². The topological polar surface area (TPSA) is 107 Å². The van der Waals surface area contributed by atoms with Crippen LogP contribution < -0.4 is 9.47 Å². The SMILES string of the molecule is O=C(Oc1ccc2c(c1)CCCC2)c1ccccc1OC(=O)C(F)(F)S(=O)(=O)O. The molecule has 0 heterocycles. The second-order valence-electron chi connectivity index (χ2n) is 6.40. The minimum Gasteiger partial charge on any atom is -0.423 e. The number of aryl methyl sites for hydroxylation is 2. The van der Waals surface area contributed by atoms with Crippen molar-refractivity contribution < 1.29 is 40.8 Å². The van der Waals surface area contributed by atoms with Gasteiger partial charge in [-0.05, 0) is 61.1 Å². The lowest BCUT2D eigenvalue weighted by Crippen LogP contribution is -2.40. The zero-order chi connectivity index (χ0) is 21.2. The Morgan fingerprint density at radius 2 is 1.62 bits per heavy atom. The Bertz CT molecular complexity index is 1060. The molecule has 154 valence electrons. The molecule has 2 aromatic rings. The highest BCUT2D eigenvalue weighted by Crippen LogP contribution is 2.28. The smallest absolute Gasteiger partial charge is 0.423 e. The molecule has 2 aromatic carbocycles. The molecule has 0 fully saturated rings. The number of esters is 2. The van der Waals surface area contributed by atoms with Gasteiger partial charge in [0, 0.05) is 0 Å². The third-order valence-corrected chi connectivity index (χ3v) is 5.22. The van der Waals surface area contributed by atoms with Gasteiger partial charge >= 0.3 is 27.3 Å². The molecule has 3 rings (SSSR count). The molecule has 10 heteroatoms. The number of hydrogen-bond donors (Lipinski definition) is 1. The molecule has 0 bridgehead atoms. The minimum absolute atomic E-state index is 0.236.